The molecule has 83 heavy (non-hydrogen) atoms. The van der Waals surface area contributed by atoms with E-state index in [1.165, 1.54) is 283 Å². The molecule has 0 radical (unpaired) electrons. The molecule has 0 saturated heterocycles. The first-order valence-electron chi connectivity index (χ1n) is 37.1. The van der Waals surface area contributed by atoms with Crippen LogP contribution < -0.4 is 0 Å². The summed E-state index contributed by atoms with van der Waals surface area (Å²) in [6.45, 7) is 6.66. The Labute approximate surface area is 518 Å². The molecule has 0 aromatic carbocycles. The second-order valence-electron chi connectivity index (χ2n) is 25.2. The fourth-order valence-corrected chi connectivity index (χ4v) is 11.2. The quantitative estimate of drug-likeness (QED) is 0.0261. The molecule has 486 valence electrons. The molecule has 0 aliphatic heterocycles. The molecule has 0 aliphatic carbocycles. The molecule has 0 amide bonds. The van der Waals surface area contributed by atoms with Gasteiger partial charge in [-0.2, -0.15) is 0 Å². The minimum Gasteiger partial charge on any atom is -0.462 e. The summed E-state index contributed by atoms with van der Waals surface area (Å²) in [5.41, 5.74) is 0. The number of esters is 3. The van der Waals surface area contributed by atoms with Crippen LogP contribution in [0.15, 0.2) is 48.6 Å². The van der Waals surface area contributed by atoms with Gasteiger partial charge < -0.3 is 14.2 Å². The Morgan fingerprint density at radius 2 is 0.434 bits per heavy atom. The van der Waals surface area contributed by atoms with Crippen molar-refractivity contribution in [3.8, 4) is 0 Å². The minimum atomic E-state index is -0.784. The lowest BCUT2D eigenvalue weighted by Gasteiger charge is -2.18. The van der Waals surface area contributed by atoms with Gasteiger partial charge in [-0.1, -0.05) is 352 Å². The van der Waals surface area contributed by atoms with Crippen molar-refractivity contribution in [1.82, 2.24) is 0 Å². The molecular weight excluding hydrogens is 1020 g/mol. The summed E-state index contributed by atoms with van der Waals surface area (Å²) >= 11 is 0. The van der Waals surface area contributed by atoms with Crippen molar-refractivity contribution >= 4 is 17.9 Å². The van der Waals surface area contributed by atoms with Crippen LogP contribution in [-0.4, -0.2) is 37.2 Å². The SMILES string of the molecule is CCCCCC/C=C\CCCCCCCC(=O)OCC(COC(=O)CCCCCCCCCCCCCCCCCCCCCCCCCCCCCCCCC)OC(=O)CCCCCCCC/C=C\C/C=C\C/C=C\CCCCCCC. The van der Waals surface area contributed by atoms with Crippen molar-refractivity contribution in [2.75, 3.05) is 13.2 Å². The van der Waals surface area contributed by atoms with Crippen LogP contribution in [0, 0.1) is 0 Å². The van der Waals surface area contributed by atoms with E-state index in [9.17, 15) is 14.4 Å². The molecule has 0 bridgehead atoms. The van der Waals surface area contributed by atoms with E-state index >= 15 is 0 Å². The molecular formula is C77H142O6. The molecule has 1 atom stereocenters. The van der Waals surface area contributed by atoms with E-state index in [2.05, 4.69) is 69.4 Å². The zero-order valence-corrected chi connectivity index (χ0v) is 56.0. The summed E-state index contributed by atoms with van der Waals surface area (Å²) in [6, 6.07) is 0. The number of carbonyl (C=O) groups is 3. The highest BCUT2D eigenvalue weighted by atomic mass is 16.6. The van der Waals surface area contributed by atoms with Gasteiger partial charge in [-0.25, -0.2) is 0 Å². The number of rotatable bonds is 69. The van der Waals surface area contributed by atoms with Crippen LogP contribution in [0.2, 0.25) is 0 Å². The first-order chi connectivity index (χ1) is 41.0. The van der Waals surface area contributed by atoms with E-state index in [0.717, 1.165) is 83.5 Å². The third-order valence-corrected chi connectivity index (χ3v) is 16.8. The van der Waals surface area contributed by atoms with Crippen molar-refractivity contribution in [2.45, 2.75) is 412 Å². The molecule has 6 nitrogen and oxygen atoms in total. The standard InChI is InChI=1S/C77H142O6/c1-4-7-10-13-16-19-22-25-27-29-31-33-34-35-36-37-38-39-40-41-42-44-45-47-49-52-55-58-61-64-67-70-76(79)82-73-74(72-81-75(78)69-66-63-60-57-54-51-24-21-18-15-12-9-6-3)83-77(80)71-68-65-62-59-56-53-50-48-46-43-32-30-28-26-23-20-17-14-11-8-5-2/h21,23-24,26,30,32,46,48,74H,4-20,22,25,27-29,31,33-45,47,49-73H2,1-3H3/b24-21-,26-23-,32-30-,48-46-. The van der Waals surface area contributed by atoms with Gasteiger partial charge in [0.2, 0.25) is 0 Å². The summed E-state index contributed by atoms with van der Waals surface area (Å²) in [6.07, 6.45) is 91.6. The van der Waals surface area contributed by atoms with Gasteiger partial charge in [0.25, 0.3) is 0 Å². The molecule has 0 rings (SSSR count). The molecule has 0 spiro atoms. The molecule has 0 aliphatic rings. The monoisotopic (exact) mass is 1160 g/mol. The Bertz CT molecular complexity index is 1430. The van der Waals surface area contributed by atoms with Crippen molar-refractivity contribution < 1.29 is 28.6 Å². The number of carbonyl (C=O) groups excluding carboxylic acids is 3. The van der Waals surface area contributed by atoms with Gasteiger partial charge in [0.1, 0.15) is 13.2 Å². The number of ether oxygens (including phenoxy) is 3. The lowest BCUT2D eigenvalue weighted by atomic mass is 10.0. The van der Waals surface area contributed by atoms with E-state index in [1.807, 2.05) is 0 Å². The summed E-state index contributed by atoms with van der Waals surface area (Å²) in [7, 11) is 0. The van der Waals surface area contributed by atoms with Crippen molar-refractivity contribution in [3.05, 3.63) is 48.6 Å². The predicted molar refractivity (Wildman–Crippen MR) is 362 cm³/mol. The van der Waals surface area contributed by atoms with Gasteiger partial charge >= 0.3 is 17.9 Å². The van der Waals surface area contributed by atoms with Gasteiger partial charge in [-0.05, 0) is 83.5 Å². The van der Waals surface area contributed by atoms with E-state index in [-0.39, 0.29) is 31.1 Å². The van der Waals surface area contributed by atoms with Crippen LogP contribution >= 0.6 is 0 Å². The Balaban J connectivity index is 4.18. The molecule has 0 N–H and O–H groups in total. The second-order valence-corrected chi connectivity index (χ2v) is 25.2. The fourth-order valence-electron chi connectivity index (χ4n) is 11.2. The summed E-state index contributed by atoms with van der Waals surface area (Å²) < 4.78 is 17.0. The topological polar surface area (TPSA) is 78.9 Å². The zero-order valence-electron chi connectivity index (χ0n) is 56.0. The van der Waals surface area contributed by atoms with E-state index in [1.54, 1.807) is 0 Å². The molecule has 0 heterocycles. The molecule has 0 aromatic heterocycles. The zero-order chi connectivity index (χ0) is 59.9. The Kier molecular flexibility index (Phi) is 69.6. The lowest BCUT2D eigenvalue weighted by molar-refractivity contribution is -0.167. The van der Waals surface area contributed by atoms with Gasteiger partial charge in [0.15, 0.2) is 6.10 Å². The summed E-state index contributed by atoms with van der Waals surface area (Å²) in [5.74, 6) is -0.874. The maximum absolute atomic E-state index is 12.9. The normalized spacial score (nSPS) is 12.3. The van der Waals surface area contributed by atoms with E-state index in [0.29, 0.717) is 19.3 Å². The molecule has 0 fully saturated rings. The number of hydrogen-bond donors (Lipinski definition) is 0. The first-order valence-corrected chi connectivity index (χ1v) is 37.1. The smallest absolute Gasteiger partial charge is 0.306 e. The average molecular weight is 1160 g/mol. The maximum atomic E-state index is 12.9. The van der Waals surface area contributed by atoms with Gasteiger partial charge in [0.05, 0.1) is 0 Å². The summed E-state index contributed by atoms with van der Waals surface area (Å²) in [5, 5.41) is 0. The highest BCUT2D eigenvalue weighted by molar-refractivity contribution is 5.71. The van der Waals surface area contributed by atoms with E-state index in [4.69, 9.17) is 14.2 Å². The number of allylic oxidation sites excluding steroid dienone is 8. The third kappa shape index (κ3) is 70.0. The Hall–Kier alpha value is -2.63. The molecule has 0 saturated carbocycles. The van der Waals surface area contributed by atoms with Crippen molar-refractivity contribution in [2.24, 2.45) is 0 Å². The predicted octanol–water partition coefficient (Wildman–Crippen LogP) is 25.7. The number of hydrogen-bond acceptors (Lipinski definition) is 6. The first kappa shape index (κ1) is 80.4. The van der Waals surface area contributed by atoms with Gasteiger partial charge in [-0.3, -0.25) is 14.4 Å². The minimum absolute atomic E-state index is 0.0773. The second kappa shape index (κ2) is 71.8. The molecule has 6 heteroatoms. The van der Waals surface area contributed by atoms with Crippen LogP contribution in [0.25, 0.3) is 0 Å². The van der Waals surface area contributed by atoms with Crippen LogP contribution in [0.3, 0.4) is 0 Å². The van der Waals surface area contributed by atoms with Crippen LogP contribution in [0.5, 0.6) is 0 Å². The van der Waals surface area contributed by atoms with Crippen molar-refractivity contribution in [1.29, 1.82) is 0 Å². The maximum Gasteiger partial charge on any atom is 0.306 e. The third-order valence-electron chi connectivity index (χ3n) is 16.8. The number of unbranched alkanes of at least 4 members (excludes halogenated alkanes) is 50. The lowest BCUT2D eigenvalue weighted by Crippen LogP contribution is -2.30. The molecule has 0 aromatic rings. The van der Waals surface area contributed by atoms with Crippen LogP contribution in [0.4, 0.5) is 0 Å². The largest absolute Gasteiger partial charge is 0.462 e. The molecule has 1 unspecified atom stereocenters. The van der Waals surface area contributed by atoms with Gasteiger partial charge in [-0.15, -0.1) is 0 Å². The van der Waals surface area contributed by atoms with Crippen LogP contribution in [-0.2, 0) is 28.6 Å². The van der Waals surface area contributed by atoms with Gasteiger partial charge in [0, 0.05) is 19.3 Å². The summed E-state index contributed by atoms with van der Waals surface area (Å²) in [4.78, 5) is 38.4. The highest BCUT2D eigenvalue weighted by Crippen LogP contribution is 2.19. The van der Waals surface area contributed by atoms with Crippen LogP contribution in [0.1, 0.15) is 406 Å². The fraction of sp³-hybridized carbons (Fsp3) is 0.857. The average Bonchev–Trinajstić information content (AvgIpc) is 3.49. The Morgan fingerprint density at radius 3 is 0.699 bits per heavy atom. The van der Waals surface area contributed by atoms with E-state index < -0.39 is 6.10 Å². The van der Waals surface area contributed by atoms with Crippen molar-refractivity contribution in [3.63, 3.8) is 0 Å². The Morgan fingerprint density at radius 1 is 0.241 bits per heavy atom. The highest BCUT2D eigenvalue weighted by Gasteiger charge is 2.19.